The zero-order valence-corrected chi connectivity index (χ0v) is 35.9. The number of benzene rings is 4. The molecule has 10 nitrogen and oxygen atoms in total. The SMILES string of the molecule is CCCCCCCCCc1ccccc1Oc1cccc(S(=O)(=O)O)c1O.CCCCCCCCCc1ccccc1Oc1cccc(S(=O)(=O)[O-])c1[O-].[Ca+2]. The largest absolute Gasteiger partial charge is 2.00 e. The van der Waals surface area contributed by atoms with Crippen LogP contribution >= 0.6 is 0 Å². The van der Waals surface area contributed by atoms with Gasteiger partial charge in [0.1, 0.15) is 32.3 Å². The van der Waals surface area contributed by atoms with Gasteiger partial charge in [-0.15, -0.1) is 0 Å². The fourth-order valence-electron chi connectivity index (χ4n) is 5.97. The molecule has 0 aromatic heterocycles. The monoisotopic (exact) mass is 822 g/mol. The van der Waals surface area contributed by atoms with E-state index in [-0.39, 0.29) is 49.2 Å². The Hall–Kier alpha value is -2.84. The molecule has 0 radical (unpaired) electrons. The van der Waals surface area contributed by atoms with Crippen LogP contribution < -0.4 is 14.6 Å². The fraction of sp³-hybridized carbons (Fsp3) is 0.429. The van der Waals surface area contributed by atoms with Gasteiger partial charge in [0.2, 0.25) is 0 Å². The number of ether oxygens (including phenoxy) is 2. The van der Waals surface area contributed by atoms with Crippen molar-refractivity contribution in [2.75, 3.05) is 0 Å². The van der Waals surface area contributed by atoms with Crippen LogP contribution in [0.15, 0.2) is 94.7 Å². The molecule has 296 valence electrons. The number of hydrogen-bond donors (Lipinski definition) is 2. The molecule has 2 N–H and O–H groups in total. The van der Waals surface area contributed by atoms with Gasteiger partial charge in [-0.2, -0.15) is 8.42 Å². The van der Waals surface area contributed by atoms with Gasteiger partial charge in [0.25, 0.3) is 10.1 Å². The summed E-state index contributed by atoms with van der Waals surface area (Å²) in [5.74, 6) is -0.563. The van der Waals surface area contributed by atoms with Gasteiger partial charge in [-0.1, -0.05) is 139 Å². The maximum absolute atomic E-state index is 12.2. The van der Waals surface area contributed by atoms with Gasteiger partial charge in [0.15, 0.2) is 11.5 Å². The molecule has 4 aromatic rings. The first kappa shape index (κ1) is 48.3. The second-order valence-electron chi connectivity index (χ2n) is 13.3. The summed E-state index contributed by atoms with van der Waals surface area (Å²) in [6, 6.07) is 22.6. The average Bonchev–Trinajstić information content (AvgIpc) is 3.13. The molecule has 4 rings (SSSR count). The molecular weight excluding hydrogens is 769 g/mol. The van der Waals surface area contributed by atoms with E-state index in [4.69, 9.17) is 9.47 Å². The van der Waals surface area contributed by atoms with E-state index in [0.717, 1.165) is 61.8 Å². The second-order valence-corrected chi connectivity index (χ2v) is 16.0. The van der Waals surface area contributed by atoms with Gasteiger partial charge in [0.05, 0.1) is 4.90 Å². The summed E-state index contributed by atoms with van der Waals surface area (Å²) in [6.45, 7) is 4.41. The van der Waals surface area contributed by atoms with E-state index in [1.165, 1.54) is 88.5 Å². The smallest absolute Gasteiger partial charge is 0.869 e. The summed E-state index contributed by atoms with van der Waals surface area (Å²) in [5, 5.41) is 22.3. The summed E-state index contributed by atoms with van der Waals surface area (Å²) in [6.07, 6.45) is 18.6. The number of phenols is 1. The predicted molar refractivity (Wildman–Crippen MR) is 214 cm³/mol. The van der Waals surface area contributed by atoms with Crippen molar-refractivity contribution in [3.63, 3.8) is 0 Å². The standard InChI is InChI=1S/2C21H28O5S.Ca/c2*1-2-3-4-5-6-7-8-12-17-13-9-10-14-18(17)26-19-15-11-16-20(21(19)22)27(23,24)25;/h2*9-11,13-16,22H,2-8,12H2,1H3,(H,23,24,25);/q;;+2/p-2. The molecule has 13 heteroatoms. The predicted octanol–water partition coefficient (Wildman–Crippen LogP) is 10.1. The molecule has 0 amide bonds. The molecule has 0 saturated heterocycles. The fourth-order valence-corrected chi connectivity index (χ4v) is 7.14. The minimum Gasteiger partial charge on any atom is -0.869 e. The van der Waals surface area contributed by atoms with Crippen LogP contribution in [0.25, 0.3) is 0 Å². The summed E-state index contributed by atoms with van der Waals surface area (Å²) in [5.41, 5.74) is 1.96. The Bertz CT molecular complexity index is 1810. The molecule has 0 aliphatic heterocycles. The molecular formula is C42H54CaO10S2. The quantitative estimate of drug-likeness (QED) is 0.0441. The molecule has 0 heterocycles. The topological polar surface area (TPSA) is 173 Å². The first-order valence-corrected chi connectivity index (χ1v) is 21.8. The van der Waals surface area contributed by atoms with Crippen LogP contribution in [0.4, 0.5) is 0 Å². The van der Waals surface area contributed by atoms with Crippen molar-refractivity contribution < 1.29 is 45.6 Å². The number of unbranched alkanes of at least 4 members (excludes halogenated alkanes) is 12. The van der Waals surface area contributed by atoms with E-state index in [9.17, 15) is 36.2 Å². The molecule has 0 bridgehead atoms. The van der Waals surface area contributed by atoms with Crippen LogP contribution in [0, 0.1) is 0 Å². The van der Waals surface area contributed by atoms with E-state index in [1.54, 1.807) is 18.2 Å². The molecule has 4 aromatic carbocycles. The van der Waals surface area contributed by atoms with Gasteiger partial charge >= 0.3 is 37.7 Å². The summed E-state index contributed by atoms with van der Waals surface area (Å²) < 4.78 is 76.8. The third-order valence-corrected chi connectivity index (χ3v) is 10.7. The van der Waals surface area contributed by atoms with Crippen LogP contribution in [0.5, 0.6) is 34.5 Å². The van der Waals surface area contributed by atoms with Crippen molar-refractivity contribution in [2.45, 2.75) is 126 Å². The van der Waals surface area contributed by atoms with Gasteiger partial charge < -0.3 is 24.2 Å². The normalized spacial score (nSPS) is 11.3. The number of phenolic OH excluding ortho intramolecular Hbond substituents is 1. The number of rotatable bonds is 22. The van der Waals surface area contributed by atoms with Crippen molar-refractivity contribution in [1.82, 2.24) is 0 Å². The van der Waals surface area contributed by atoms with Crippen molar-refractivity contribution in [1.29, 1.82) is 0 Å². The molecule has 0 aliphatic rings. The molecule has 0 atom stereocenters. The molecule has 0 fully saturated rings. The number of hydrogen-bond acceptors (Lipinski definition) is 9. The molecule has 0 spiro atoms. The first-order chi connectivity index (χ1) is 25.9. The second kappa shape index (κ2) is 25.4. The van der Waals surface area contributed by atoms with Crippen molar-refractivity contribution in [2.24, 2.45) is 0 Å². The van der Waals surface area contributed by atoms with E-state index in [1.807, 2.05) is 30.3 Å². The van der Waals surface area contributed by atoms with E-state index in [2.05, 4.69) is 13.8 Å². The first-order valence-electron chi connectivity index (χ1n) is 18.9. The number of aryl methyl sites for hydroxylation is 2. The van der Waals surface area contributed by atoms with Crippen LogP contribution in [-0.4, -0.2) is 68.8 Å². The Balaban J connectivity index is 0.000000373. The van der Waals surface area contributed by atoms with Gasteiger partial charge in [-0.05, 0) is 79.0 Å². The third kappa shape index (κ3) is 17.0. The minimum atomic E-state index is -4.83. The Morgan fingerprint density at radius 3 is 1.36 bits per heavy atom. The number of para-hydroxylation sites is 4. The molecule has 55 heavy (non-hydrogen) atoms. The van der Waals surface area contributed by atoms with Crippen LogP contribution in [0.1, 0.15) is 115 Å². The van der Waals surface area contributed by atoms with Crippen LogP contribution in [-0.2, 0) is 33.1 Å². The summed E-state index contributed by atoms with van der Waals surface area (Å²) in [7, 11) is -9.34. The number of aromatic hydroxyl groups is 1. The van der Waals surface area contributed by atoms with Crippen molar-refractivity contribution >= 4 is 58.0 Å². The molecule has 0 unspecified atom stereocenters. The Morgan fingerprint density at radius 1 is 0.527 bits per heavy atom. The Morgan fingerprint density at radius 2 is 0.909 bits per heavy atom. The maximum atomic E-state index is 12.2. The maximum Gasteiger partial charge on any atom is 2.00 e. The average molecular weight is 823 g/mol. The minimum absolute atomic E-state index is 0. The Labute approximate surface area is 357 Å². The zero-order chi connectivity index (χ0) is 39.4. The molecule has 0 saturated carbocycles. The van der Waals surface area contributed by atoms with E-state index < -0.39 is 41.5 Å². The van der Waals surface area contributed by atoms with Crippen molar-refractivity contribution in [3.05, 3.63) is 96.1 Å². The van der Waals surface area contributed by atoms with E-state index >= 15 is 0 Å². The van der Waals surface area contributed by atoms with Gasteiger partial charge in [-0.3, -0.25) is 4.55 Å². The van der Waals surface area contributed by atoms with Crippen LogP contribution in [0.2, 0.25) is 0 Å². The van der Waals surface area contributed by atoms with Crippen LogP contribution in [0.3, 0.4) is 0 Å². The Kier molecular flexibility index (Phi) is 22.3. The third-order valence-electron chi connectivity index (χ3n) is 8.94. The van der Waals surface area contributed by atoms with Gasteiger partial charge in [-0.25, -0.2) is 8.42 Å². The summed E-state index contributed by atoms with van der Waals surface area (Å²) >= 11 is 0. The van der Waals surface area contributed by atoms with E-state index in [0.29, 0.717) is 11.5 Å². The molecule has 0 aliphatic carbocycles. The summed E-state index contributed by atoms with van der Waals surface area (Å²) in [4.78, 5) is -1.35. The van der Waals surface area contributed by atoms with Gasteiger partial charge in [0, 0.05) is 0 Å². The zero-order valence-electron chi connectivity index (χ0n) is 32.1. The van der Waals surface area contributed by atoms with Crippen molar-refractivity contribution in [3.8, 4) is 34.5 Å².